The van der Waals surface area contributed by atoms with Crippen molar-refractivity contribution >= 4 is 46.4 Å². The van der Waals surface area contributed by atoms with Crippen molar-refractivity contribution in [3.05, 3.63) is 70.9 Å². The minimum absolute atomic E-state index is 0.0738. The SMILES string of the molecule is Cc1cccc(NC(=S)NN2C(O)=CSC23C(=O)Nc2ccccc23)c1. The number of carbonyl (C=O) groups is 1. The van der Waals surface area contributed by atoms with Gasteiger partial charge in [-0.1, -0.05) is 42.1 Å². The van der Waals surface area contributed by atoms with Crippen LogP contribution in [0.25, 0.3) is 0 Å². The second kappa shape index (κ2) is 6.22. The number of fused-ring (bicyclic) bond motifs is 2. The Balaban J connectivity index is 1.61. The topological polar surface area (TPSA) is 76.6 Å². The van der Waals surface area contributed by atoms with Crippen LogP contribution in [0.3, 0.4) is 0 Å². The number of anilines is 2. The van der Waals surface area contributed by atoms with Crippen LogP contribution in [0.1, 0.15) is 11.1 Å². The number of aliphatic hydroxyl groups is 1. The fraction of sp³-hybridized carbons (Fsp3) is 0.111. The maximum absolute atomic E-state index is 12.8. The highest BCUT2D eigenvalue weighted by atomic mass is 32.2. The summed E-state index contributed by atoms with van der Waals surface area (Å²) in [5.41, 5.74) is 6.36. The lowest BCUT2D eigenvalue weighted by atomic mass is 10.1. The standard InChI is InChI=1S/C18H16N4O2S2/c1-11-5-4-6-12(9-11)19-17(25)21-22-15(23)10-26-18(22)13-7-2-3-8-14(13)20-16(18)24/h2-10,23H,1H3,(H,20,24)(H2,19,21,25). The highest BCUT2D eigenvalue weighted by molar-refractivity contribution is 8.04. The van der Waals surface area contributed by atoms with Gasteiger partial charge in [0.1, 0.15) is 0 Å². The van der Waals surface area contributed by atoms with Crippen molar-refractivity contribution < 1.29 is 9.90 Å². The fourth-order valence-electron chi connectivity index (χ4n) is 3.08. The van der Waals surface area contributed by atoms with E-state index in [1.165, 1.54) is 22.2 Å². The Hall–Kier alpha value is -2.71. The lowest BCUT2D eigenvalue weighted by molar-refractivity contribution is -0.123. The van der Waals surface area contributed by atoms with Crippen molar-refractivity contribution in [2.75, 3.05) is 10.6 Å². The number of para-hydroxylation sites is 1. The molecule has 2 aromatic carbocycles. The highest BCUT2D eigenvalue weighted by Gasteiger charge is 2.56. The van der Waals surface area contributed by atoms with Gasteiger partial charge in [-0.15, -0.1) is 0 Å². The van der Waals surface area contributed by atoms with Crippen LogP contribution in [0.2, 0.25) is 0 Å². The Labute approximate surface area is 160 Å². The van der Waals surface area contributed by atoms with Crippen LogP contribution in [0, 0.1) is 6.92 Å². The number of aryl methyl sites for hydroxylation is 1. The molecule has 2 heterocycles. The first-order valence-electron chi connectivity index (χ1n) is 7.93. The molecular formula is C18H16N4O2S2. The number of nitrogens with one attached hydrogen (secondary N) is 3. The largest absolute Gasteiger partial charge is 0.493 e. The maximum atomic E-state index is 12.8. The first kappa shape index (κ1) is 16.7. The number of amides is 1. The Bertz CT molecular complexity index is 946. The third-order valence-corrected chi connectivity index (χ3v) is 5.67. The van der Waals surface area contributed by atoms with Gasteiger partial charge in [-0.3, -0.25) is 10.2 Å². The average molecular weight is 384 g/mol. The van der Waals surface area contributed by atoms with Gasteiger partial charge in [-0.05, 0) is 42.9 Å². The number of thioether (sulfide) groups is 1. The van der Waals surface area contributed by atoms with E-state index in [-0.39, 0.29) is 16.9 Å². The van der Waals surface area contributed by atoms with E-state index < -0.39 is 4.87 Å². The number of carbonyl (C=O) groups excluding carboxylic acids is 1. The lowest BCUT2D eigenvalue weighted by Crippen LogP contribution is -2.54. The molecule has 0 aliphatic carbocycles. The van der Waals surface area contributed by atoms with Crippen molar-refractivity contribution in [3.8, 4) is 0 Å². The molecular weight excluding hydrogens is 368 g/mol. The number of rotatable bonds is 2. The minimum atomic E-state index is -1.14. The monoisotopic (exact) mass is 384 g/mol. The summed E-state index contributed by atoms with van der Waals surface area (Å²) in [6, 6.07) is 15.2. The molecule has 6 nitrogen and oxygen atoms in total. The molecule has 4 rings (SSSR count). The molecule has 8 heteroatoms. The molecule has 26 heavy (non-hydrogen) atoms. The second-order valence-electron chi connectivity index (χ2n) is 6.01. The summed E-state index contributed by atoms with van der Waals surface area (Å²) in [4.78, 5) is 11.6. The van der Waals surface area contributed by atoms with Crippen molar-refractivity contribution in [1.29, 1.82) is 0 Å². The molecule has 2 aromatic rings. The van der Waals surface area contributed by atoms with E-state index in [1.807, 2.05) is 55.5 Å². The molecule has 0 bridgehead atoms. The molecule has 0 saturated heterocycles. The number of benzene rings is 2. The van der Waals surface area contributed by atoms with E-state index >= 15 is 0 Å². The molecule has 2 aliphatic rings. The van der Waals surface area contributed by atoms with E-state index in [2.05, 4.69) is 16.1 Å². The van der Waals surface area contributed by atoms with Gasteiger partial charge >= 0.3 is 0 Å². The number of hydrogen-bond donors (Lipinski definition) is 4. The Morgan fingerprint density at radius 1 is 1.27 bits per heavy atom. The zero-order valence-corrected chi connectivity index (χ0v) is 15.4. The van der Waals surface area contributed by atoms with E-state index in [0.29, 0.717) is 0 Å². The molecule has 2 aliphatic heterocycles. The van der Waals surface area contributed by atoms with Crippen molar-refractivity contribution in [1.82, 2.24) is 10.4 Å². The number of thiocarbonyl (C=S) groups is 1. The van der Waals surface area contributed by atoms with Crippen LogP contribution in [-0.4, -0.2) is 21.1 Å². The summed E-state index contributed by atoms with van der Waals surface area (Å²) >= 11 is 6.60. The molecule has 0 fully saturated rings. The van der Waals surface area contributed by atoms with Gasteiger partial charge in [0.2, 0.25) is 10.8 Å². The van der Waals surface area contributed by atoms with Crippen molar-refractivity contribution in [2.45, 2.75) is 11.8 Å². The van der Waals surface area contributed by atoms with Gasteiger partial charge < -0.3 is 15.7 Å². The zero-order chi connectivity index (χ0) is 18.3. The van der Waals surface area contributed by atoms with E-state index in [1.54, 1.807) is 0 Å². The summed E-state index contributed by atoms with van der Waals surface area (Å²) < 4.78 is 0. The van der Waals surface area contributed by atoms with E-state index in [9.17, 15) is 9.90 Å². The van der Waals surface area contributed by atoms with Crippen LogP contribution in [0.15, 0.2) is 59.8 Å². The molecule has 0 saturated carbocycles. The van der Waals surface area contributed by atoms with E-state index in [0.717, 1.165) is 22.5 Å². The third kappa shape index (κ3) is 2.58. The summed E-state index contributed by atoms with van der Waals surface area (Å²) in [5.74, 6) is -0.315. The second-order valence-corrected chi connectivity index (χ2v) is 7.48. The van der Waals surface area contributed by atoms with Gasteiger partial charge in [-0.25, -0.2) is 5.01 Å². The predicted molar refractivity (Wildman–Crippen MR) is 107 cm³/mol. The summed E-state index contributed by atoms with van der Waals surface area (Å²) in [6.45, 7) is 1.99. The lowest BCUT2D eigenvalue weighted by Gasteiger charge is -2.34. The van der Waals surface area contributed by atoms with Gasteiger partial charge in [0, 0.05) is 22.3 Å². The summed E-state index contributed by atoms with van der Waals surface area (Å²) in [7, 11) is 0. The summed E-state index contributed by atoms with van der Waals surface area (Å²) in [6.07, 6.45) is 0. The zero-order valence-electron chi connectivity index (χ0n) is 13.8. The number of nitrogens with zero attached hydrogens (tertiary/aromatic N) is 1. The normalized spacial score (nSPS) is 20.6. The average Bonchev–Trinajstić information content (AvgIpc) is 3.08. The minimum Gasteiger partial charge on any atom is -0.493 e. The molecule has 132 valence electrons. The van der Waals surface area contributed by atoms with Crippen molar-refractivity contribution in [3.63, 3.8) is 0 Å². The van der Waals surface area contributed by atoms with Gasteiger partial charge in [0.05, 0.1) is 0 Å². The van der Waals surface area contributed by atoms with Gasteiger partial charge in [0.15, 0.2) is 5.11 Å². The third-order valence-electron chi connectivity index (χ3n) is 4.22. The fourth-order valence-corrected chi connectivity index (χ4v) is 4.38. The highest BCUT2D eigenvalue weighted by Crippen LogP contribution is 2.52. The van der Waals surface area contributed by atoms with Crippen molar-refractivity contribution in [2.24, 2.45) is 0 Å². The summed E-state index contributed by atoms with van der Waals surface area (Å²) in [5, 5.41) is 19.5. The molecule has 1 amide bonds. The predicted octanol–water partition coefficient (Wildman–Crippen LogP) is 3.41. The smallest absolute Gasteiger partial charge is 0.267 e. The number of hydrazine groups is 1. The Kier molecular flexibility index (Phi) is 4.01. The van der Waals surface area contributed by atoms with Crippen LogP contribution in [-0.2, 0) is 9.67 Å². The molecule has 1 unspecified atom stereocenters. The number of aliphatic hydroxyl groups excluding tert-OH is 1. The maximum Gasteiger partial charge on any atom is 0.267 e. The molecule has 0 aromatic heterocycles. The quantitative estimate of drug-likeness (QED) is 0.591. The Morgan fingerprint density at radius 3 is 2.88 bits per heavy atom. The van der Waals surface area contributed by atoms with Crippen LogP contribution in [0.5, 0.6) is 0 Å². The first-order valence-corrected chi connectivity index (χ1v) is 9.22. The molecule has 0 radical (unpaired) electrons. The molecule has 4 N–H and O–H groups in total. The first-order chi connectivity index (χ1) is 12.5. The Morgan fingerprint density at radius 2 is 2.08 bits per heavy atom. The van der Waals surface area contributed by atoms with Crippen LogP contribution < -0.4 is 16.1 Å². The molecule has 1 atom stereocenters. The van der Waals surface area contributed by atoms with Gasteiger partial charge in [0.25, 0.3) is 5.91 Å². The van der Waals surface area contributed by atoms with Crippen LogP contribution in [0.4, 0.5) is 11.4 Å². The van der Waals surface area contributed by atoms with Crippen LogP contribution >= 0.6 is 24.0 Å². The number of hydrogen-bond acceptors (Lipinski definition) is 5. The molecule has 1 spiro atoms. The van der Waals surface area contributed by atoms with E-state index in [4.69, 9.17) is 12.2 Å². The van der Waals surface area contributed by atoms with Gasteiger partial charge in [-0.2, -0.15) is 0 Å².